The topological polar surface area (TPSA) is 33.1 Å². The van der Waals surface area contributed by atoms with Crippen molar-refractivity contribution in [1.82, 2.24) is 4.98 Å². The molecule has 1 N–H and O–H groups in total. The molecular weight excluding hydrogens is 298 g/mol. The molecule has 0 aliphatic carbocycles. The number of hydrogen-bond donors (Lipinski definition) is 1. The van der Waals surface area contributed by atoms with Crippen LogP contribution in [0.25, 0.3) is 0 Å². The fraction of sp³-hybridized carbons (Fsp3) is 0.308. The molecule has 2 aromatic rings. The number of halogens is 1. The van der Waals surface area contributed by atoms with Crippen molar-refractivity contribution >= 4 is 27.3 Å². The van der Waals surface area contributed by atoms with Crippen LogP contribution in [0.1, 0.15) is 30.3 Å². The highest BCUT2D eigenvalue weighted by molar-refractivity contribution is 9.10. The van der Waals surface area contributed by atoms with E-state index in [4.69, 9.17) is 0 Å². The van der Waals surface area contributed by atoms with Gasteiger partial charge in [0.15, 0.2) is 0 Å². The Kier molecular flexibility index (Phi) is 3.97. The van der Waals surface area contributed by atoms with Gasteiger partial charge in [0.2, 0.25) is 0 Å². The lowest BCUT2D eigenvalue weighted by atomic mass is 9.90. The van der Waals surface area contributed by atoms with Gasteiger partial charge in [-0.3, -0.25) is 0 Å². The first kappa shape index (κ1) is 12.7. The minimum absolute atomic E-state index is 0.678. The van der Waals surface area contributed by atoms with Gasteiger partial charge in [0, 0.05) is 5.38 Å². The third kappa shape index (κ3) is 2.59. The Morgan fingerprint density at radius 1 is 1.35 bits per heavy atom. The van der Waals surface area contributed by atoms with Gasteiger partial charge < -0.3 is 5.11 Å². The monoisotopic (exact) mass is 311 g/mol. The fourth-order valence-electron chi connectivity index (χ4n) is 1.89. The Morgan fingerprint density at radius 2 is 2.06 bits per heavy atom. The Bertz CT molecular complexity index is 485. The second-order valence-electron chi connectivity index (χ2n) is 3.95. The van der Waals surface area contributed by atoms with E-state index in [9.17, 15) is 5.11 Å². The molecule has 0 saturated carbocycles. The first-order chi connectivity index (χ1) is 8.16. The van der Waals surface area contributed by atoms with Crippen molar-refractivity contribution < 1.29 is 5.11 Å². The summed E-state index contributed by atoms with van der Waals surface area (Å²) in [5.41, 5.74) is -0.0594. The molecule has 17 heavy (non-hydrogen) atoms. The first-order valence-corrected chi connectivity index (χ1v) is 7.23. The Morgan fingerprint density at radius 3 is 2.59 bits per heavy atom. The third-order valence-electron chi connectivity index (χ3n) is 2.69. The standard InChI is InChI=1S/C13H14BrNOS/c1-2-8-13(16,10-6-4-3-5-7-10)12-15-11(14)9-17-12/h3-7,9,16H,2,8H2,1H3. The van der Waals surface area contributed by atoms with Crippen LogP contribution in [0.3, 0.4) is 0 Å². The van der Waals surface area contributed by atoms with E-state index >= 15 is 0 Å². The molecule has 0 saturated heterocycles. The van der Waals surface area contributed by atoms with E-state index in [0.717, 1.165) is 21.6 Å². The van der Waals surface area contributed by atoms with E-state index in [1.165, 1.54) is 11.3 Å². The van der Waals surface area contributed by atoms with E-state index < -0.39 is 5.60 Å². The number of aliphatic hydroxyl groups is 1. The SMILES string of the molecule is CCCC(O)(c1ccccc1)c1nc(Br)cs1. The first-order valence-electron chi connectivity index (χ1n) is 5.56. The fourth-order valence-corrected chi connectivity index (χ4v) is 3.30. The second-order valence-corrected chi connectivity index (χ2v) is 5.62. The van der Waals surface area contributed by atoms with E-state index in [0.29, 0.717) is 6.42 Å². The van der Waals surface area contributed by atoms with Crippen molar-refractivity contribution in [2.24, 2.45) is 0 Å². The number of hydrogen-bond acceptors (Lipinski definition) is 3. The Balaban J connectivity index is 2.46. The summed E-state index contributed by atoms with van der Waals surface area (Å²) in [5.74, 6) is 0. The third-order valence-corrected chi connectivity index (χ3v) is 4.40. The highest BCUT2D eigenvalue weighted by atomic mass is 79.9. The van der Waals surface area contributed by atoms with Gasteiger partial charge in [0.05, 0.1) is 0 Å². The molecule has 0 spiro atoms. The maximum atomic E-state index is 10.9. The van der Waals surface area contributed by atoms with Gasteiger partial charge in [-0.2, -0.15) is 0 Å². The molecule has 0 amide bonds. The molecule has 0 aliphatic heterocycles. The van der Waals surface area contributed by atoms with Gasteiger partial charge in [-0.05, 0) is 27.9 Å². The van der Waals surface area contributed by atoms with Crippen molar-refractivity contribution in [2.75, 3.05) is 0 Å². The lowest BCUT2D eigenvalue weighted by Crippen LogP contribution is -2.26. The molecule has 1 unspecified atom stereocenters. The van der Waals surface area contributed by atoms with Crippen LogP contribution >= 0.6 is 27.3 Å². The quantitative estimate of drug-likeness (QED) is 0.927. The van der Waals surface area contributed by atoms with Crippen molar-refractivity contribution in [1.29, 1.82) is 0 Å². The molecule has 90 valence electrons. The van der Waals surface area contributed by atoms with Gasteiger partial charge in [-0.1, -0.05) is 43.7 Å². The molecule has 0 aliphatic rings. The number of aromatic nitrogens is 1. The molecule has 0 fully saturated rings. The van der Waals surface area contributed by atoms with Crippen LogP contribution in [0.15, 0.2) is 40.3 Å². The largest absolute Gasteiger partial charge is 0.378 e. The van der Waals surface area contributed by atoms with Crippen LogP contribution in [0.5, 0.6) is 0 Å². The molecule has 1 heterocycles. The van der Waals surface area contributed by atoms with E-state index in [1.807, 2.05) is 35.7 Å². The second kappa shape index (κ2) is 5.29. The van der Waals surface area contributed by atoms with Crippen LogP contribution in [0, 0.1) is 0 Å². The summed E-state index contributed by atoms with van der Waals surface area (Å²) < 4.78 is 0.781. The van der Waals surface area contributed by atoms with Gasteiger partial charge in [-0.15, -0.1) is 11.3 Å². The summed E-state index contributed by atoms with van der Waals surface area (Å²) in [6.45, 7) is 2.07. The van der Waals surface area contributed by atoms with Gasteiger partial charge in [0.1, 0.15) is 15.2 Å². The lowest BCUT2D eigenvalue weighted by Gasteiger charge is -2.26. The molecule has 0 radical (unpaired) electrons. The summed E-state index contributed by atoms with van der Waals surface area (Å²) in [6, 6.07) is 9.74. The van der Waals surface area contributed by atoms with Crippen molar-refractivity contribution in [3.05, 3.63) is 50.9 Å². The number of nitrogens with zero attached hydrogens (tertiary/aromatic N) is 1. The predicted octanol–water partition coefficient (Wildman–Crippen LogP) is 3.94. The molecule has 0 bridgehead atoms. The summed E-state index contributed by atoms with van der Waals surface area (Å²) in [5, 5.41) is 13.5. The van der Waals surface area contributed by atoms with Crippen LogP contribution < -0.4 is 0 Å². The normalized spacial score (nSPS) is 14.5. The zero-order valence-electron chi connectivity index (χ0n) is 9.56. The predicted molar refractivity (Wildman–Crippen MR) is 74.2 cm³/mol. The van der Waals surface area contributed by atoms with E-state index in [-0.39, 0.29) is 0 Å². The maximum absolute atomic E-state index is 10.9. The highest BCUT2D eigenvalue weighted by Gasteiger charge is 2.33. The number of benzene rings is 1. The lowest BCUT2D eigenvalue weighted by molar-refractivity contribution is 0.0698. The molecule has 1 atom stereocenters. The summed E-state index contributed by atoms with van der Waals surface area (Å²) >= 11 is 4.82. The van der Waals surface area contributed by atoms with Gasteiger partial charge in [0.25, 0.3) is 0 Å². The zero-order valence-corrected chi connectivity index (χ0v) is 12.0. The Labute approximate surface area is 113 Å². The number of thiazole rings is 1. The molecule has 2 rings (SSSR count). The molecule has 1 aromatic heterocycles. The van der Waals surface area contributed by atoms with E-state index in [1.54, 1.807) is 0 Å². The van der Waals surface area contributed by atoms with Crippen molar-refractivity contribution in [3.8, 4) is 0 Å². The van der Waals surface area contributed by atoms with Gasteiger partial charge >= 0.3 is 0 Å². The van der Waals surface area contributed by atoms with Crippen molar-refractivity contribution in [3.63, 3.8) is 0 Å². The molecular formula is C13H14BrNOS. The molecule has 4 heteroatoms. The van der Waals surface area contributed by atoms with Crippen LogP contribution in [0.4, 0.5) is 0 Å². The smallest absolute Gasteiger partial charge is 0.141 e. The summed E-state index contributed by atoms with van der Waals surface area (Å²) in [7, 11) is 0. The van der Waals surface area contributed by atoms with E-state index in [2.05, 4.69) is 27.8 Å². The highest BCUT2D eigenvalue weighted by Crippen LogP contribution is 2.36. The maximum Gasteiger partial charge on any atom is 0.141 e. The molecule has 1 aromatic carbocycles. The van der Waals surface area contributed by atoms with Crippen molar-refractivity contribution in [2.45, 2.75) is 25.4 Å². The van der Waals surface area contributed by atoms with Crippen LogP contribution in [-0.2, 0) is 5.60 Å². The average Bonchev–Trinajstić information content (AvgIpc) is 2.78. The minimum Gasteiger partial charge on any atom is -0.378 e. The Hall–Kier alpha value is -0.710. The van der Waals surface area contributed by atoms with Gasteiger partial charge in [-0.25, -0.2) is 4.98 Å². The zero-order chi connectivity index (χ0) is 12.3. The molecule has 2 nitrogen and oxygen atoms in total. The van der Waals surface area contributed by atoms with Crippen LogP contribution in [-0.4, -0.2) is 10.1 Å². The van der Waals surface area contributed by atoms with Crippen LogP contribution in [0.2, 0.25) is 0 Å². The average molecular weight is 312 g/mol. The summed E-state index contributed by atoms with van der Waals surface area (Å²) in [4.78, 5) is 4.36. The number of rotatable bonds is 4. The minimum atomic E-state index is -0.966. The summed E-state index contributed by atoms with van der Waals surface area (Å²) in [6.07, 6.45) is 1.58.